The van der Waals surface area contributed by atoms with Crippen molar-refractivity contribution in [3.8, 4) is 0 Å². The molecule has 0 saturated carbocycles. The Hall–Kier alpha value is -1.46. The third-order valence-electron chi connectivity index (χ3n) is 3.73. The Balaban J connectivity index is 2.07. The van der Waals surface area contributed by atoms with Crippen molar-refractivity contribution in [3.05, 3.63) is 35.6 Å². The number of halogens is 1. The van der Waals surface area contributed by atoms with Crippen molar-refractivity contribution in [2.45, 2.75) is 25.9 Å². The Bertz CT molecular complexity index is 480. The fourth-order valence-corrected chi connectivity index (χ4v) is 2.14. The molecule has 19 heavy (non-hydrogen) atoms. The van der Waals surface area contributed by atoms with E-state index in [1.54, 1.807) is 19.1 Å². The van der Waals surface area contributed by atoms with Crippen molar-refractivity contribution < 1.29 is 13.9 Å². The molecule has 4 nitrogen and oxygen atoms in total. The van der Waals surface area contributed by atoms with Gasteiger partial charge in [-0.25, -0.2) is 4.39 Å². The maximum absolute atomic E-state index is 13.2. The molecular weight excluding hydrogens is 247 g/mol. The van der Waals surface area contributed by atoms with Crippen molar-refractivity contribution >= 4 is 5.91 Å². The first-order valence-corrected chi connectivity index (χ1v) is 6.33. The van der Waals surface area contributed by atoms with Crippen molar-refractivity contribution in [1.29, 1.82) is 0 Å². The maximum Gasteiger partial charge on any atom is 0.230 e. The van der Waals surface area contributed by atoms with E-state index in [1.807, 2.05) is 6.92 Å². The number of carbonyl (C=O) groups is 1. The molecule has 1 aliphatic rings. The van der Waals surface area contributed by atoms with Gasteiger partial charge in [0.2, 0.25) is 5.91 Å². The zero-order valence-corrected chi connectivity index (χ0v) is 11.2. The van der Waals surface area contributed by atoms with E-state index in [4.69, 9.17) is 10.5 Å². The lowest BCUT2D eigenvalue weighted by molar-refractivity contribution is -0.131. The first-order valence-electron chi connectivity index (χ1n) is 6.33. The van der Waals surface area contributed by atoms with Crippen LogP contribution in [0.5, 0.6) is 0 Å². The molecule has 0 bridgehead atoms. The summed E-state index contributed by atoms with van der Waals surface area (Å²) in [5.41, 5.74) is 5.91. The Morgan fingerprint density at radius 3 is 2.95 bits per heavy atom. The zero-order valence-electron chi connectivity index (χ0n) is 11.2. The van der Waals surface area contributed by atoms with Crippen molar-refractivity contribution in [1.82, 2.24) is 5.32 Å². The van der Waals surface area contributed by atoms with E-state index >= 15 is 0 Å². The molecular formula is C14H19FN2O2. The van der Waals surface area contributed by atoms with E-state index in [2.05, 4.69) is 5.32 Å². The molecule has 1 amide bonds. The van der Waals surface area contributed by atoms with E-state index in [0.29, 0.717) is 13.2 Å². The summed E-state index contributed by atoms with van der Waals surface area (Å²) in [5, 5.41) is 2.87. The predicted molar refractivity (Wildman–Crippen MR) is 69.9 cm³/mol. The van der Waals surface area contributed by atoms with E-state index in [-0.39, 0.29) is 23.8 Å². The van der Waals surface area contributed by atoms with Gasteiger partial charge in [-0.2, -0.15) is 0 Å². The molecule has 5 heteroatoms. The number of hydrogen-bond acceptors (Lipinski definition) is 3. The largest absolute Gasteiger partial charge is 0.379 e. The molecule has 1 saturated heterocycles. The first kappa shape index (κ1) is 14.0. The number of ether oxygens (including phenoxy) is 1. The fraction of sp³-hybridized carbons (Fsp3) is 0.500. The molecule has 2 unspecified atom stereocenters. The molecule has 1 aromatic carbocycles. The highest BCUT2D eigenvalue weighted by molar-refractivity contribution is 5.84. The van der Waals surface area contributed by atoms with Crippen LogP contribution >= 0.6 is 0 Å². The van der Waals surface area contributed by atoms with Gasteiger partial charge in [-0.1, -0.05) is 12.1 Å². The van der Waals surface area contributed by atoms with Crippen LogP contribution in [0.2, 0.25) is 0 Å². The van der Waals surface area contributed by atoms with Crippen LogP contribution in [0.4, 0.5) is 4.39 Å². The molecule has 1 aliphatic heterocycles. The van der Waals surface area contributed by atoms with Crippen molar-refractivity contribution in [2.75, 3.05) is 13.2 Å². The summed E-state index contributed by atoms with van der Waals surface area (Å²) >= 11 is 0. The Labute approximate surface area is 112 Å². The van der Waals surface area contributed by atoms with Gasteiger partial charge in [-0.15, -0.1) is 0 Å². The quantitative estimate of drug-likeness (QED) is 0.868. The van der Waals surface area contributed by atoms with Gasteiger partial charge in [0.25, 0.3) is 0 Å². The predicted octanol–water partition coefficient (Wildman–Crippen LogP) is 1.37. The fourth-order valence-electron chi connectivity index (χ4n) is 2.14. The zero-order chi connectivity index (χ0) is 14.0. The van der Waals surface area contributed by atoms with Gasteiger partial charge in [-0.3, -0.25) is 4.79 Å². The minimum atomic E-state index is -0.721. The monoisotopic (exact) mass is 266 g/mol. The Morgan fingerprint density at radius 2 is 2.37 bits per heavy atom. The summed E-state index contributed by atoms with van der Waals surface area (Å²) in [4.78, 5) is 12.3. The maximum atomic E-state index is 13.2. The second kappa shape index (κ2) is 5.27. The Kier molecular flexibility index (Phi) is 3.87. The smallest absolute Gasteiger partial charge is 0.230 e. The van der Waals surface area contributed by atoms with Gasteiger partial charge in [-0.05, 0) is 31.5 Å². The first-order chi connectivity index (χ1) is 8.93. The number of benzene rings is 1. The van der Waals surface area contributed by atoms with Crippen LogP contribution in [0.1, 0.15) is 25.5 Å². The summed E-state index contributed by atoms with van der Waals surface area (Å²) in [6.45, 7) is 4.31. The van der Waals surface area contributed by atoms with Gasteiger partial charge in [0.05, 0.1) is 24.7 Å². The van der Waals surface area contributed by atoms with E-state index in [9.17, 15) is 9.18 Å². The molecule has 0 aliphatic carbocycles. The van der Waals surface area contributed by atoms with Gasteiger partial charge in [0.1, 0.15) is 5.82 Å². The summed E-state index contributed by atoms with van der Waals surface area (Å²) in [6.07, 6.45) is 0. The minimum Gasteiger partial charge on any atom is -0.379 e. The molecule has 3 atom stereocenters. The van der Waals surface area contributed by atoms with Crippen LogP contribution in [0, 0.1) is 11.2 Å². The molecule has 0 aromatic heterocycles. The normalized spacial score (nSPS) is 28.1. The van der Waals surface area contributed by atoms with Gasteiger partial charge >= 0.3 is 0 Å². The second-order valence-electron chi connectivity index (χ2n) is 5.29. The molecule has 1 heterocycles. The highest BCUT2D eigenvalue weighted by atomic mass is 19.1. The van der Waals surface area contributed by atoms with E-state index in [1.165, 1.54) is 12.1 Å². The average Bonchev–Trinajstić information content (AvgIpc) is 2.71. The Morgan fingerprint density at radius 1 is 1.63 bits per heavy atom. The third kappa shape index (κ3) is 2.77. The topological polar surface area (TPSA) is 64.3 Å². The molecule has 1 fully saturated rings. The average molecular weight is 266 g/mol. The SMILES string of the molecule is C[C@H](NC(=O)C1(C)COCC1N)c1cccc(F)c1. The molecule has 0 radical (unpaired) electrons. The highest BCUT2D eigenvalue weighted by Gasteiger charge is 2.44. The molecule has 3 N–H and O–H groups in total. The van der Waals surface area contributed by atoms with Crippen LogP contribution in [-0.4, -0.2) is 25.2 Å². The van der Waals surface area contributed by atoms with Gasteiger partial charge < -0.3 is 15.8 Å². The second-order valence-corrected chi connectivity index (χ2v) is 5.29. The highest BCUT2D eigenvalue weighted by Crippen LogP contribution is 2.28. The standard InChI is InChI=1S/C14H19FN2O2/c1-9(10-4-3-5-11(15)6-10)17-13(18)14(2)8-19-7-12(14)16/h3-6,9,12H,7-8,16H2,1-2H3,(H,17,18)/t9-,12?,14?/m0/s1. The van der Waals surface area contributed by atoms with Crippen LogP contribution in [0.3, 0.4) is 0 Å². The van der Waals surface area contributed by atoms with Gasteiger partial charge in [0, 0.05) is 6.04 Å². The van der Waals surface area contributed by atoms with E-state index in [0.717, 1.165) is 5.56 Å². The number of amides is 1. The van der Waals surface area contributed by atoms with Crippen LogP contribution in [-0.2, 0) is 9.53 Å². The van der Waals surface area contributed by atoms with Crippen LogP contribution < -0.4 is 11.1 Å². The van der Waals surface area contributed by atoms with Crippen molar-refractivity contribution in [2.24, 2.45) is 11.1 Å². The van der Waals surface area contributed by atoms with Crippen LogP contribution in [0.15, 0.2) is 24.3 Å². The van der Waals surface area contributed by atoms with Crippen LogP contribution in [0.25, 0.3) is 0 Å². The summed E-state index contributed by atoms with van der Waals surface area (Å²) in [7, 11) is 0. The number of nitrogens with one attached hydrogen (secondary N) is 1. The van der Waals surface area contributed by atoms with Gasteiger partial charge in [0.15, 0.2) is 0 Å². The lowest BCUT2D eigenvalue weighted by Crippen LogP contribution is -2.50. The number of hydrogen-bond donors (Lipinski definition) is 2. The number of rotatable bonds is 3. The third-order valence-corrected chi connectivity index (χ3v) is 3.73. The number of nitrogens with two attached hydrogens (primary N) is 1. The molecule has 1 aromatic rings. The number of carbonyl (C=O) groups excluding carboxylic acids is 1. The summed E-state index contributed by atoms with van der Waals surface area (Å²) < 4.78 is 18.4. The molecule has 104 valence electrons. The summed E-state index contributed by atoms with van der Waals surface area (Å²) in [5.74, 6) is -0.472. The molecule has 2 rings (SSSR count). The van der Waals surface area contributed by atoms with E-state index < -0.39 is 5.41 Å². The minimum absolute atomic E-state index is 0.158. The lowest BCUT2D eigenvalue weighted by atomic mass is 9.84. The molecule has 0 spiro atoms. The summed E-state index contributed by atoms with van der Waals surface area (Å²) in [6, 6.07) is 5.61. The lowest BCUT2D eigenvalue weighted by Gasteiger charge is -2.27. The van der Waals surface area contributed by atoms with Crippen molar-refractivity contribution in [3.63, 3.8) is 0 Å².